The van der Waals surface area contributed by atoms with Crippen LogP contribution in [0.2, 0.25) is 0 Å². The molecule has 162 valence electrons. The van der Waals surface area contributed by atoms with Gasteiger partial charge in [-0.3, -0.25) is 29.3 Å². The molecular formula is C23H26N4O4. The molecule has 3 aliphatic rings. The maximum atomic E-state index is 13.6. The third kappa shape index (κ3) is 3.31. The molecular weight excluding hydrogens is 396 g/mol. The Kier molecular flexibility index (Phi) is 5.00. The van der Waals surface area contributed by atoms with E-state index >= 15 is 0 Å². The molecule has 31 heavy (non-hydrogen) atoms. The largest absolute Gasteiger partial charge is 0.496 e. The van der Waals surface area contributed by atoms with Gasteiger partial charge in [-0.2, -0.15) is 0 Å². The molecule has 8 nitrogen and oxygen atoms in total. The number of amides is 2. The van der Waals surface area contributed by atoms with Gasteiger partial charge < -0.3 is 9.84 Å². The molecule has 3 aliphatic heterocycles. The van der Waals surface area contributed by atoms with E-state index in [9.17, 15) is 14.7 Å². The predicted molar refractivity (Wildman–Crippen MR) is 112 cm³/mol. The highest BCUT2D eigenvalue weighted by atomic mass is 16.5. The third-order valence-electron chi connectivity index (χ3n) is 6.64. The van der Waals surface area contributed by atoms with E-state index < -0.39 is 17.7 Å². The summed E-state index contributed by atoms with van der Waals surface area (Å²) in [6.45, 7) is 2.26. The molecule has 3 saturated heterocycles. The van der Waals surface area contributed by atoms with E-state index in [-0.39, 0.29) is 18.4 Å². The Bertz CT molecular complexity index is 992. The fourth-order valence-electron chi connectivity index (χ4n) is 5.20. The van der Waals surface area contributed by atoms with E-state index in [0.717, 1.165) is 16.9 Å². The number of aliphatic hydroxyl groups is 1. The molecule has 5 rings (SSSR count). The monoisotopic (exact) mass is 422 g/mol. The molecule has 2 amide bonds. The van der Waals surface area contributed by atoms with Crippen molar-refractivity contribution in [3.8, 4) is 5.75 Å². The van der Waals surface area contributed by atoms with E-state index in [1.165, 1.54) is 4.90 Å². The molecule has 0 unspecified atom stereocenters. The molecule has 0 bridgehead atoms. The van der Waals surface area contributed by atoms with Crippen LogP contribution >= 0.6 is 0 Å². The first kappa shape index (κ1) is 20.1. The second-order valence-corrected chi connectivity index (χ2v) is 8.64. The van der Waals surface area contributed by atoms with Crippen molar-refractivity contribution in [1.29, 1.82) is 0 Å². The lowest BCUT2D eigenvalue weighted by molar-refractivity contribution is -0.181. The van der Waals surface area contributed by atoms with Gasteiger partial charge in [0.05, 0.1) is 25.8 Å². The zero-order chi connectivity index (χ0) is 21.6. The van der Waals surface area contributed by atoms with Gasteiger partial charge in [0, 0.05) is 44.1 Å². The number of imide groups is 1. The average Bonchev–Trinajstić information content (AvgIpc) is 3.16. The van der Waals surface area contributed by atoms with Crippen molar-refractivity contribution in [2.24, 2.45) is 0 Å². The van der Waals surface area contributed by atoms with Crippen LogP contribution in [0.15, 0.2) is 48.8 Å². The number of nitrogens with zero attached hydrogens (tertiary/aromatic N) is 4. The van der Waals surface area contributed by atoms with E-state index in [1.807, 2.05) is 35.2 Å². The molecule has 4 heterocycles. The second kappa shape index (κ2) is 7.71. The van der Waals surface area contributed by atoms with Crippen LogP contribution in [0.4, 0.5) is 0 Å². The standard InChI is InChI=1S/C23H26N4O4/c1-31-20-7-3-2-6-17(20)12-25-14-23(15-25)22(30)26(11-16-5-4-8-24-10-16)21(29)19-9-18(28)13-27(19)23/h2-8,10,18-19,28H,9,11-15H2,1H3/t18-,19+/m1/s1. The van der Waals surface area contributed by atoms with Crippen molar-refractivity contribution in [2.45, 2.75) is 37.2 Å². The normalized spacial score (nSPS) is 25.5. The van der Waals surface area contributed by atoms with Crippen LogP contribution in [0.1, 0.15) is 17.5 Å². The van der Waals surface area contributed by atoms with Crippen LogP contribution in [0.25, 0.3) is 0 Å². The number of methoxy groups -OCH3 is 1. The summed E-state index contributed by atoms with van der Waals surface area (Å²) in [7, 11) is 1.65. The number of β-amino-alcohol motifs (C(OH)–C–C–N with tert-alkyl or cyclic N) is 1. The van der Waals surface area contributed by atoms with Crippen molar-refractivity contribution in [3.05, 3.63) is 59.9 Å². The minimum Gasteiger partial charge on any atom is -0.496 e. The molecule has 2 aromatic rings. The number of fused-ring (bicyclic) bond motifs is 2. The smallest absolute Gasteiger partial charge is 0.252 e. The Labute approximate surface area is 181 Å². The number of benzene rings is 1. The number of ether oxygens (including phenoxy) is 1. The summed E-state index contributed by atoms with van der Waals surface area (Å²) in [4.78, 5) is 36.4. The van der Waals surface area contributed by atoms with Crippen molar-refractivity contribution >= 4 is 11.8 Å². The van der Waals surface area contributed by atoms with Gasteiger partial charge in [0.2, 0.25) is 5.91 Å². The van der Waals surface area contributed by atoms with Gasteiger partial charge in [-0.05, 0) is 24.1 Å². The molecule has 1 aromatic carbocycles. The van der Waals surface area contributed by atoms with Crippen LogP contribution in [-0.2, 0) is 22.7 Å². The summed E-state index contributed by atoms with van der Waals surface area (Å²) in [5, 5.41) is 10.3. The van der Waals surface area contributed by atoms with Crippen LogP contribution in [0.5, 0.6) is 5.75 Å². The first-order valence-electron chi connectivity index (χ1n) is 10.6. The molecule has 1 spiro atoms. The second-order valence-electron chi connectivity index (χ2n) is 8.64. The summed E-state index contributed by atoms with van der Waals surface area (Å²) in [5.74, 6) is 0.420. The number of piperazine rings is 1. The van der Waals surface area contributed by atoms with Gasteiger partial charge in [-0.1, -0.05) is 24.3 Å². The molecule has 3 fully saturated rings. The number of rotatable bonds is 5. The van der Waals surface area contributed by atoms with E-state index in [1.54, 1.807) is 25.6 Å². The predicted octanol–water partition coefficient (Wildman–Crippen LogP) is 0.649. The summed E-state index contributed by atoms with van der Waals surface area (Å²) in [6.07, 6.45) is 3.11. The number of hydrogen-bond acceptors (Lipinski definition) is 7. The Balaban J connectivity index is 1.39. The lowest BCUT2D eigenvalue weighted by Crippen LogP contribution is -2.81. The van der Waals surface area contributed by atoms with Gasteiger partial charge in [-0.15, -0.1) is 0 Å². The van der Waals surface area contributed by atoms with E-state index in [4.69, 9.17) is 4.74 Å². The number of aliphatic hydroxyl groups excluding tert-OH is 1. The highest BCUT2D eigenvalue weighted by Gasteiger charge is 2.64. The number of aromatic nitrogens is 1. The molecule has 8 heteroatoms. The Morgan fingerprint density at radius 2 is 1.97 bits per heavy atom. The van der Waals surface area contributed by atoms with E-state index in [0.29, 0.717) is 32.6 Å². The van der Waals surface area contributed by atoms with Crippen LogP contribution < -0.4 is 4.74 Å². The minimum atomic E-state index is -0.777. The third-order valence-corrected chi connectivity index (χ3v) is 6.64. The number of hydrogen-bond donors (Lipinski definition) is 1. The first-order valence-corrected chi connectivity index (χ1v) is 10.6. The zero-order valence-electron chi connectivity index (χ0n) is 17.5. The van der Waals surface area contributed by atoms with Crippen LogP contribution in [0, 0.1) is 0 Å². The number of likely N-dealkylation sites (tertiary alicyclic amines) is 1. The number of carbonyl (C=O) groups is 2. The van der Waals surface area contributed by atoms with Crippen LogP contribution in [-0.4, -0.2) is 81.0 Å². The SMILES string of the molecule is COc1ccccc1CN1CC2(C1)C(=O)N(Cc1cccnc1)C(=O)[C@@H]1C[C@@H](O)CN12. The van der Waals surface area contributed by atoms with Crippen molar-refractivity contribution in [3.63, 3.8) is 0 Å². The van der Waals surface area contributed by atoms with Gasteiger partial charge in [-0.25, -0.2) is 0 Å². The lowest BCUT2D eigenvalue weighted by atomic mass is 9.82. The lowest BCUT2D eigenvalue weighted by Gasteiger charge is -2.58. The minimum absolute atomic E-state index is 0.178. The summed E-state index contributed by atoms with van der Waals surface area (Å²) >= 11 is 0. The van der Waals surface area contributed by atoms with Gasteiger partial charge in [0.25, 0.3) is 5.91 Å². The number of pyridine rings is 1. The molecule has 1 aromatic heterocycles. The highest BCUT2D eigenvalue weighted by molar-refractivity contribution is 6.06. The van der Waals surface area contributed by atoms with E-state index in [2.05, 4.69) is 9.88 Å². The fraction of sp³-hybridized carbons (Fsp3) is 0.435. The van der Waals surface area contributed by atoms with Crippen molar-refractivity contribution < 1.29 is 19.4 Å². The average molecular weight is 422 g/mol. The molecule has 2 atom stereocenters. The zero-order valence-corrected chi connectivity index (χ0v) is 17.5. The van der Waals surface area contributed by atoms with Gasteiger partial charge >= 0.3 is 0 Å². The van der Waals surface area contributed by atoms with Crippen molar-refractivity contribution in [1.82, 2.24) is 19.7 Å². The topological polar surface area (TPSA) is 86.2 Å². The maximum absolute atomic E-state index is 13.6. The number of carbonyl (C=O) groups excluding carboxylic acids is 2. The Morgan fingerprint density at radius 3 is 2.71 bits per heavy atom. The molecule has 0 aliphatic carbocycles. The summed E-state index contributed by atoms with van der Waals surface area (Å²) in [5.41, 5.74) is 1.10. The molecule has 1 N–H and O–H groups in total. The van der Waals surface area contributed by atoms with Gasteiger partial charge in [0.15, 0.2) is 0 Å². The highest BCUT2D eigenvalue weighted by Crippen LogP contribution is 2.41. The fourth-order valence-corrected chi connectivity index (χ4v) is 5.20. The van der Waals surface area contributed by atoms with Crippen LogP contribution in [0.3, 0.4) is 0 Å². The van der Waals surface area contributed by atoms with Gasteiger partial charge in [0.1, 0.15) is 11.3 Å². The molecule has 0 saturated carbocycles. The summed E-state index contributed by atoms with van der Waals surface area (Å²) in [6, 6.07) is 11.1. The Hall–Kier alpha value is -2.81. The first-order chi connectivity index (χ1) is 15.0. The van der Waals surface area contributed by atoms with Crippen molar-refractivity contribution in [2.75, 3.05) is 26.7 Å². The summed E-state index contributed by atoms with van der Waals surface area (Å²) < 4.78 is 5.46. The molecule has 0 radical (unpaired) electrons. The number of para-hydroxylation sites is 1. The maximum Gasteiger partial charge on any atom is 0.252 e. The Morgan fingerprint density at radius 1 is 1.16 bits per heavy atom. The quantitative estimate of drug-likeness (QED) is 0.708.